The summed E-state index contributed by atoms with van der Waals surface area (Å²) in [6, 6.07) is 6.72. The normalized spacial score (nSPS) is 13.4. The Morgan fingerprint density at radius 3 is 1.80 bits per heavy atom. The van der Waals surface area contributed by atoms with Crippen molar-refractivity contribution >= 4 is 33.0 Å². The number of nitrogens with zero attached hydrogens (tertiary/aromatic N) is 4. The third-order valence-corrected chi connectivity index (χ3v) is 10.8. The van der Waals surface area contributed by atoms with E-state index in [9.17, 15) is 13.5 Å². The Labute approximate surface area is 256 Å². The van der Waals surface area contributed by atoms with Crippen molar-refractivity contribution in [1.29, 1.82) is 0 Å². The summed E-state index contributed by atoms with van der Waals surface area (Å²) >= 11 is 6.99. The first-order valence-electron chi connectivity index (χ1n) is 15.2. The Morgan fingerprint density at radius 2 is 1.34 bits per heavy atom. The lowest BCUT2D eigenvalue weighted by Crippen LogP contribution is -2.34. The van der Waals surface area contributed by atoms with Crippen LogP contribution in [0.3, 0.4) is 0 Å². The molecular weight excluding hydrogens is 578 g/mol. The minimum atomic E-state index is -3.62. The summed E-state index contributed by atoms with van der Waals surface area (Å²) in [6.45, 7) is 14.4. The van der Waals surface area contributed by atoms with Gasteiger partial charge in [0.15, 0.2) is 0 Å². The summed E-state index contributed by atoms with van der Waals surface area (Å²) in [5.74, 6) is 0.541. The minimum absolute atomic E-state index is 0.197. The highest BCUT2D eigenvalue weighted by Crippen LogP contribution is 2.32. The van der Waals surface area contributed by atoms with Gasteiger partial charge in [-0.05, 0) is 48.9 Å². The van der Waals surface area contributed by atoms with E-state index >= 15 is 0 Å². The highest BCUT2D eigenvalue weighted by atomic mass is 35.5. The third-order valence-electron chi connectivity index (χ3n) is 7.68. The second kappa shape index (κ2) is 18.1. The number of hydrogen-bond donors (Lipinski definition) is 2. The highest BCUT2D eigenvalue weighted by Gasteiger charge is 2.30. The third kappa shape index (κ3) is 10.2. The monoisotopic (exact) mass is 627 g/mol. The van der Waals surface area contributed by atoms with Crippen molar-refractivity contribution in [1.82, 2.24) is 24.3 Å². The SMILES string of the molecule is CCCCn1nccc1C(NS(=O)(=O)c1ccc(Cl)s1)C(CC)CC.CCCCn1nccc1C(O)C(CC)CC. The van der Waals surface area contributed by atoms with Crippen LogP contribution in [0.25, 0.3) is 0 Å². The fourth-order valence-electron chi connectivity index (χ4n) is 4.99. The molecule has 0 aliphatic heterocycles. The van der Waals surface area contributed by atoms with Crippen molar-refractivity contribution in [3.8, 4) is 0 Å². The first-order chi connectivity index (χ1) is 19.7. The van der Waals surface area contributed by atoms with Gasteiger partial charge in [-0.2, -0.15) is 10.2 Å². The van der Waals surface area contributed by atoms with Crippen LogP contribution in [0.2, 0.25) is 4.34 Å². The van der Waals surface area contributed by atoms with Gasteiger partial charge in [-0.15, -0.1) is 11.3 Å². The number of halogens is 1. The zero-order valence-electron chi connectivity index (χ0n) is 25.6. The molecule has 0 aromatic carbocycles. The summed E-state index contributed by atoms with van der Waals surface area (Å²) in [5.41, 5.74) is 1.90. The van der Waals surface area contributed by atoms with Gasteiger partial charge in [0, 0.05) is 25.5 Å². The van der Waals surface area contributed by atoms with Gasteiger partial charge < -0.3 is 5.11 Å². The highest BCUT2D eigenvalue weighted by molar-refractivity contribution is 7.91. The van der Waals surface area contributed by atoms with Crippen LogP contribution < -0.4 is 4.72 Å². The van der Waals surface area contributed by atoms with Crippen LogP contribution >= 0.6 is 22.9 Å². The maximum Gasteiger partial charge on any atom is 0.250 e. The molecule has 3 aromatic rings. The zero-order chi connectivity index (χ0) is 30.4. The maximum atomic E-state index is 12.8. The fraction of sp³-hybridized carbons (Fsp3) is 0.667. The predicted octanol–water partition coefficient (Wildman–Crippen LogP) is 8.01. The summed E-state index contributed by atoms with van der Waals surface area (Å²) < 4.78 is 33.1. The summed E-state index contributed by atoms with van der Waals surface area (Å²) in [5, 5.41) is 19.0. The average Bonchev–Trinajstić information content (AvgIpc) is 3.73. The number of sulfonamides is 1. The largest absolute Gasteiger partial charge is 0.387 e. The van der Waals surface area contributed by atoms with Crippen molar-refractivity contribution in [3.63, 3.8) is 0 Å². The van der Waals surface area contributed by atoms with Gasteiger partial charge in [0.25, 0.3) is 10.0 Å². The van der Waals surface area contributed by atoms with Gasteiger partial charge in [0.1, 0.15) is 4.21 Å². The molecule has 0 radical (unpaired) electrons. The Balaban J connectivity index is 0.000000317. The molecule has 0 amide bonds. The van der Waals surface area contributed by atoms with E-state index in [0.717, 1.165) is 87.2 Å². The molecule has 2 unspecified atom stereocenters. The molecule has 0 aliphatic carbocycles. The summed E-state index contributed by atoms with van der Waals surface area (Å²) in [7, 11) is -3.62. The number of thiophene rings is 1. The quantitative estimate of drug-likeness (QED) is 0.158. The average molecular weight is 628 g/mol. The van der Waals surface area contributed by atoms with Gasteiger partial charge in [0.05, 0.1) is 27.9 Å². The molecule has 3 rings (SSSR count). The van der Waals surface area contributed by atoms with Gasteiger partial charge in [-0.1, -0.05) is 91.7 Å². The molecule has 3 aromatic heterocycles. The number of rotatable bonds is 17. The van der Waals surface area contributed by atoms with E-state index in [4.69, 9.17) is 11.6 Å². The molecule has 0 saturated carbocycles. The number of aryl methyl sites for hydroxylation is 2. The molecule has 0 bridgehead atoms. The molecular formula is C30H50ClN5O3S2. The topological polar surface area (TPSA) is 102 Å². The van der Waals surface area contributed by atoms with E-state index < -0.39 is 10.0 Å². The molecule has 11 heteroatoms. The van der Waals surface area contributed by atoms with E-state index in [0.29, 0.717) is 10.3 Å². The fourth-order valence-corrected chi connectivity index (χ4v) is 7.77. The maximum absolute atomic E-state index is 12.8. The molecule has 0 saturated heterocycles. The summed E-state index contributed by atoms with van der Waals surface area (Å²) in [4.78, 5) is 0. The number of aromatic nitrogens is 4. The van der Waals surface area contributed by atoms with E-state index in [1.807, 2.05) is 21.5 Å². The lowest BCUT2D eigenvalue weighted by atomic mass is 9.92. The van der Waals surface area contributed by atoms with Crippen LogP contribution in [0.5, 0.6) is 0 Å². The Hall–Kier alpha value is -1.72. The van der Waals surface area contributed by atoms with Crippen molar-refractivity contribution in [2.24, 2.45) is 11.8 Å². The number of aliphatic hydroxyl groups is 1. The zero-order valence-corrected chi connectivity index (χ0v) is 28.0. The van der Waals surface area contributed by atoms with Gasteiger partial charge in [-0.3, -0.25) is 9.36 Å². The number of aliphatic hydroxyl groups excluding tert-OH is 1. The van der Waals surface area contributed by atoms with E-state index in [1.165, 1.54) is 0 Å². The number of unbranched alkanes of at least 4 members (excludes halogenated alkanes) is 2. The lowest BCUT2D eigenvalue weighted by Gasteiger charge is -2.27. The van der Waals surface area contributed by atoms with Crippen LogP contribution in [-0.4, -0.2) is 33.1 Å². The van der Waals surface area contributed by atoms with E-state index in [1.54, 1.807) is 24.5 Å². The molecule has 2 atom stereocenters. The standard InChI is InChI=1S/C17H26ClN3O2S2.C13H24N2O/c1-4-7-12-21-14(10-11-19-21)17(13(5-2)6-3)20-25(22,23)16-9-8-15(18)24-16;1-4-7-10-15-12(8-9-14-15)13(16)11(5-2)6-3/h8-11,13,17,20H,4-7,12H2,1-3H3;8-9,11,13,16H,4-7,10H2,1-3H3. The molecule has 232 valence electrons. The van der Waals surface area contributed by atoms with Crippen molar-refractivity contribution < 1.29 is 13.5 Å². The molecule has 0 aliphatic rings. The van der Waals surface area contributed by atoms with Gasteiger partial charge in [-0.25, -0.2) is 13.1 Å². The van der Waals surface area contributed by atoms with Crippen LogP contribution in [0.1, 0.15) is 116 Å². The Bertz CT molecular complexity index is 1230. The van der Waals surface area contributed by atoms with Crippen LogP contribution in [0.15, 0.2) is 40.9 Å². The first-order valence-corrected chi connectivity index (χ1v) is 17.8. The second-order valence-corrected chi connectivity index (χ2v) is 14.1. The molecule has 41 heavy (non-hydrogen) atoms. The Kier molecular flexibility index (Phi) is 15.6. The predicted molar refractivity (Wildman–Crippen MR) is 170 cm³/mol. The molecule has 0 fully saturated rings. The number of hydrogen-bond acceptors (Lipinski definition) is 6. The summed E-state index contributed by atoms with van der Waals surface area (Å²) in [6.07, 6.45) is 11.3. The number of nitrogens with one attached hydrogen (secondary N) is 1. The van der Waals surface area contributed by atoms with E-state index in [2.05, 4.69) is 56.5 Å². The van der Waals surface area contributed by atoms with Crippen LogP contribution in [0.4, 0.5) is 0 Å². The van der Waals surface area contributed by atoms with Gasteiger partial charge >= 0.3 is 0 Å². The van der Waals surface area contributed by atoms with Crippen molar-refractivity contribution in [2.45, 2.75) is 122 Å². The molecule has 3 heterocycles. The van der Waals surface area contributed by atoms with Crippen molar-refractivity contribution in [3.05, 3.63) is 52.4 Å². The van der Waals surface area contributed by atoms with Gasteiger partial charge in [0.2, 0.25) is 0 Å². The minimum Gasteiger partial charge on any atom is -0.387 e. The second-order valence-electron chi connectivity index (χ2n) is 10.4. The van der Waals surface area contributed by atoms with Crippen molar-refractivity contribution in [2.75, 3.05) is 0 Å². The van der Waals surface area contributed by atoms with Crippen LogP contribution in [-0.2, 0) is 23.1 Å². The van der Waals surface area contributed by atoms with Crippen LogP contribution in [0, 0.1) is 11.8 Å². The van der Waals surface area contributed by atoms with E-state index in [-0.39, 0.29) is 22.3 Å². The molecule has 0 spiro atoms. The molecule has 2 N–H and O–H groups in total. The first kappa shape index (κ1) is 35.5. The smallest absolute Gasteiger partial charge is 0.250 e. The Morgan fingerprint density at radius 1 is 0.829 bits per heavy atom. The lowest BCUT2D eigenvalue weighted by molar-refractivity contribution is 0.0939. The molecule has 8 nitrogen and oxygen atoms in total.